The van der Waals surface area contributed by atoms with Crippen LogP contribution in [0.15, 0.2) is 47.4 Å². The first-order valence-electron chi connectivity index (χ1n) is 8.73. The average Bonchev–Trinajstić information content (AvgIpc) is 2.63. The van der Waals surface area contributed by atoms with Crippen molar-refractivity contribution in [2.45, 2.75) is 38.3 Å². The summed E-state index contributed by atoms with van der Waals surface area (Å²) in [6.07, 6.45) is 0.0660. The van der Waals surface area contributed by atoms with Crippen LogP contribution in [0.4, 0.5) is 0 Å². The molecule has 0 saturated heterocycles. The zero-order valence-electron chi connectivity index (χ0n) is 15.9. The van der Waals surface area contributed by atoms with E-state index in [1.165, 1.54) is 0 Å². The third kappa shape index (κ3) is 6.16. The molecule has 0 unspecified atom stereocenters. The number of carbonyl (C=O) groups is 1. The highest BCUT2D eigenvalue weighted by Crippen LogP contribution is 2.16. The third-order valence-electron chi connectivity index (χ3n) is 4.17. The molecule has 146 valence electrons. The minimum Gasteiger partial charge on any atom is -0.380 e. The first-order chi connectivity index (χ1) is 12.8. The molecule has 2 rings (SSSR count). The summed E-state index contributed by atoms with van der Waals surface area (Å²) in [6, 6.07) is 13.0. The van der Waals surface area contributed by atoms with Gasteiger partial charge in [0.25, 0.3) is 0 Å². The van der Waals surface area contributed by atoms with Crippen molar-refractivity contribution in [1.29, 1.82) is 0 Å². The summed E-state index contributed by atoms with van der Waals surface area (Å²) in [6.45, 7) is 4.48. The SMILES string of the molecule is COCc1ccccc1CNC(=O)CCNS(=O)(=O)c1cc(C)ccc1C. The second-order valence-electron chi connectivity index (χ2n) is 6.40. The number of nitrogens with one attached hydrogen (secondary N) is 2. The molecule has 1 amide bonds. The molecule has 6 nitrogen and oxygen atoms in total. The van der Waals surface area contributed by atoms with Gasteiger partial charge >= 0.3 is 0 Å². The highest BCUT2D eigenvalue weighted by atomic mass is 32.2. The molecule has 7 heteroatoms. The fraction of sp³-hybridized carbons (Fsp3) is 0.350. The minimum atomic E-state index is -3.64. The van der Waals surface area contributed by atoms with E-state index in [0.29, 0.717) is 18.7 Å². The Hall–Kier alpha value is -2.22. The number of aryl methyl sites for hydroxylation is 2. The maximum Gasteiger partial charge on any atom is 0.240 e. The number of sulfonamides is 1. The van der Waals surface area contributed by atoms with Crippen LogP contribution in [0.5, 0.6) is 0 Å². The Labute approximate surface area is 161 Å². The van der Waals surface area contributed by atoms with Crippen LogP contribution in [-0.4, -0.2) is 28.0 Å². The number of benzene rings is 2. The van der Waals surface area contributed by atoms with Gasteiger partial charge in [-0.3, -0.25) is 4.79 Å². The van der Waals surface area contributed by atoms with E-state index in [-0.39, 0.29) is 23.8 Å². The second-order valence-corrected chi connectivity index (χ2v) is 8.13. The molecular formula is C20H26N2O4S. The highest BCUT2D eigenvalue weighted by Gasteiger charge is 2.17. The summed E-state index contributed by atoms with van der Waals surface area (Å²) in [5.74, 6) is -0.217. The molecule has 27 heavy (non-hydrogen) atoms. The number of carbonyl (C=O) groups excluding carboxylic acids is 1. The van der Waals surface area contributed by atoms with E-state index in [2.05, 4.69) is 10.0 Å². The van der Waals surface area contributed by atoms with Crippen molar-refractivity contribution in [3.8, 4) is 0 Å². The van der Waals surface area contributed by atoms with Gasteiger partial charge in [-0.25, -0.2) is 13.1 Å². The van der Waals surface area contributed by atoms with Gasteiger partial charge in [-0.2, -0.15) is 0 Å². The minimum absolute atomic E-state index is 0.0429. The lowest BCUT2D eigenvalue weighted by Gasteiger charge is -2.11. The van der Waals surface area contributed by atoms with E-state index in [0.717, 1.165) is 16.7 Å². The molecule has 0 saturated carbocycles. The van der Waals surface area contributed by atoms with Crippen molar-refractivity contribution >= 4 is 15.9 Å². The topological polar surface area (TPSA) is 84.5 Å². The van der Waals surface area contributed by atoms with Gasteiger partial charge in [-0.05, 0) is 42.2 Å². The van der Waals surface area contributed by atoms with E-state index in [1.807, 2.05) is 37.3 Å². The van der Waals surface area contributed by atoms with E-state index in [4.69, 9.17) is 4.74 Å². The van der Waals surface area contributed by atoms with Crippen LogP contribution >= 0.6 is 0 Å². The molecule has 0 aliphatic rings. The second kappa shape index (κ2) is 9.64. The first-order valence-corrected chi connectivity index (χ1v) is 10.2. The molecule has 0 aliphatic heterocycles. The first kappa shape index (κ1) is 21.1. The summed E-state index contributed by atoms with van der Waals surface area (Å²) in [4.78, 5) is 12.3. The van der Waals surface area contributed by atoms with Gasteiger partial charge in [0.1, 0.15) is 0 Å². The predicted molar refractivity (Wildman–Crippen MR) is 105 cm³/mol. The molecule has 0 bridgehead atoms. The smallest absolute Gasteiger partial charge is 0.240 e. The third-order valence-corrected chi connectivity index (χ3v) is 5.77. The van der Waals surface area contributed by atoms with Crippen molar-refractivity contribution in [1.82, 2.24) is 10.0 Å². The number of methoxy groups -OCH3 is 1. The summed E-state index contributed by atoms with van der Waals surface area (Å²) >= 11 is 0. The van der Waals surface area contributed by atoms with Gasteiger partial charge in [0.05, 0.1) is 11.5 Å². The molecule has 0 atom stereocenters. The Morgan fingerprint density at radius 1 is 1.07 bits per heavy atom. The van der Waals surface area contributed by atoms with E-state index in [9.17, 15) is 13.2 Å². The van der Waals surface area contributed by atoms with E-state index >= 15 is 0 Å². The van der Waals surface area contributed by atoms with Crippen molar-refractivity contribution in [2.24, 2.45) is 0 Å². The standard InChI is InChI=1S/C20H26N2O4S/c1-15-8-9-16(2)19(12-15)27(24,25)22-11-10-20(23)21-13-17-6-4-5-7-18(17)14-26-3/h4-9,12,22H,10-11,13-14H2,1-3H3,(H,21,23). The zero-order chi connectivity index (χ0) is 19.9. The molecule has 0 radical (unpaired) electrons. The Morgan fingerprint density at radius 2 is 1.78 bits per heavy atom. The molecule has 2 N–H and O–H groups in total. The monoisotopic (exact) mass is 390 g/mol. The number of hydrogen-bond acceptors (Lipinski definition) is 4. The molecule has 0 fully saturated rings. The van der Waals surface area contributed by atoms with Gasteiger partial charge < -0.3 is 10.1 Å². The Morgan fingerprint density at radius 3 is 2.48 bits per heavy atom. The largest absolute Gasteiger partial charge is 0.380 e. The highest BCUT2D eigenvalue weighted by molar-refractivity contribution is 7.89. The lowest BCUT2D eigenvalue weighted by atomic mass is 10.1. The van der Waals surface area contributed by atoms with Crippen molar-refractivity contribution < 1.29 is 17.9 Å². The summed E-state index contributed by atoms with van der Waals surface area (Å²) in [7, 11) is -2.01. The Balaban J connectivity index is 1.86. The average molecular weight is 391 g/mol. The lowest BCUT2D eigenvalue weighted by molar-refractivity contribution is -0.121. The number of ether oxygens (including phenoxy) is 1. The van der Waals surface area contributed by atoms with Gasteiger partial charge in [-0.15, -0.1) is 0 Å². The Kier molecular flexibility index (Phi) is 7.53. The van der Waals surface area contributed by atoms with Crippen LogP contribution in [0.2, 0.25) is 0 Å². The van der Waals surface area contributed by atoms with Crippen molar-refractivity contribution in [2.75, 3.05) is 13.7 Å². The Bertz CT molecular complexity index is 895. The number of rotatable bonds is 9. The van der Waals surface area contributed by atoms with Crippen LogP contribution in [-0.2, 0) is 32.7 Å². The fourth-order valence-corrected chi connectivity index (χ4v) is 4.04. The maximum atomic E-state index is 12.4. The fourth-order valence-electron chi connectivity index (χ4n) is 2.68. The summed E-state index contributed by atoms with van der Waals surface area (Å²) in [5.41, 5.74) is 3.53. The molecular weight excluding hydrogens is 364 g/mol. The summed E-state index contributed by atoms with van der Waals surface area (Å²) in [5, 5.41) is 2.81. The van der Waals surface area contributed by atoms with E-state index < -0.39 is 10.0 Å². The molecule has 0 aromatic heterocycles. The van der Waals surface area contributed by atoms with Crippen LogP contribution in [0.1, 0.15) is 28.7 Å². The van der Waals surface area contributed by atoms with E-state index in [1.54, 1.807) is 26.2 Å². The zero-order valence-corrected chi connectivity index (χ0v) is 16.7. The molecule has 2 aromatic rings. The summed E-state index contributed by atoms with van der Waals surface area (Å²) < 4.78 is 32.5. The van der Waals surface area contributed by atoms with Crippen LogP contribution < -0.4 is 10.0 Å². The van der Waals surface area contributed by atoms with Crippen LogP contribution in [0.25, 0.3) is 0 Å². The maximum absolute atomic E-state index is 12.4. The lowest BCUT2D eigenvalue weighted by Crippen LogP contribution is -2.31. The normalized spacial score (nSPS) is 11.4. The van der Waals surface area contributed by atoms with Crippen molar-refractivity contribution in [3.05, 3.63) is 64.7 Å². The van der Waals surface area contributed by atoms with Crippen LogP contribution in [0.3, 0.4) is 0 Å². The molecule has 2 aromatic carbocycles. The molecule has 0 aliphatic carbocycles. The molecule has 0 spiro atoms. The number of hydrogen-bond donors (Lipinski definition) is 2. The van der Waals surface area contributed by atoms with Gasteiger partial charge in [-0.1, -0.05) is 36.4 Å². The quantitative estimate of drug-likeness (QED) is 0.689. The van der Waals surface area contributed by atoms with Gasteiger partial charge in [0.2, 0.25) is 15.9 Å². The van der Waals surface area contributed by atoms with Gasteiger partial charge in [0, 0.05) is 26.6 Å². The molecule has 0 heterocycles. The van der Waals surface area contributed by atoms with Gasteiger partial charge in [0.15, 0.2) is 0 Å². The number of amides is 1. The van der Waals surface area contributed by atoms with Crippen molar-refractivity contribution in [3.63, 3.8) is 0 Å². The predicted octanol–water partition coefficient (Wildman–Crippen LogP) is 2.43. The van der Waals surface area contributed by atoms with Crippen LogP contribution in [0, 0.1) is 13.8 Å².